The van der Waals surface area contributed by atoms with Crippen molar-refractivity contribution < 1.29 is 13.9 Å². The molecule has 0 saturated carbocycles. The molecule has 6 heteroatoms. The molecular formula is C16H14FIN2O2. The van der Waals surface area contributed by atoms with Crippen molar-refractivity contribution in [1.82, 2.24) is 9.38 Å². The molecule has 3 rings (SSSR count). The lowest BCUT2D eigenvalue weighted by Gasteiger charge is -2.04. The molecule has 0 aliphatic heterocycles. The summed E-state index contributed by atoms with van der Waals surface area (Å²) >= 11 is 2.27. The van der Waals surface area contributed by atoms with Crippen LogP contribution in [0.1, 0.15) is 0 Å². The van der Waals surface area contributed by atoms with Gasteiger partial charge in [-0.1, -0.05) is 0 Å². The fourth-order valence-corrected chi connectivity index (χ4v) is 2.98. The maximum Gasteiger partial charge on any atom is 0.138 e. The standard InChI is InChI=1S/C16H14FIN2O2/c1-21-13-6-7-14-19-15(16(18)20(14)10-13)11-2-4-12(5-3-11)22-9-8-17/h2-7,10H,8-9H2,1H3. The van der Waals surface area contributed by atoms with Gasteiger partial charge in [-0.15, -0.1) is 0 Å². The summed E-state index contributed by atoms with van der Waals surface area (Å²) in [6.07, 6.45) is 1.91. The zero-order valence-corrected chi connectivity index (χ0v) is 14.1. The van der Waals surface area contributed by atoms with Crippen molar-refractivity contribution >= 4 is 28.2 Å². The zero-order chi connectivity index (χ0) is 15.5. The molecule has 114 valence electrons. The van der Waals surface area contributed by atoms with Crippen molar-refractivity contribution in [3.63, 3.8) is 0 Å². The molecule has 0 spiro atoms. The minimum Gasteiger partial charge on any atom is -0.495 e. The normalized spacial score (nSPS) is 10.9. The summed E-state index contributed by atoms with van der Waals surface area (Å²) in [4.78, 5) is 4.65. The number of ether oxygens (including phenoxy) is 2. The molecule has 0 aliphatic carbocycles. The Hall–Kier alpha value is -1.83. The summed E-state index contributed by atoms with van der Waals surface area (Å²) in [6.45, 7) is -0.418. The average Bonchev–Trinajstić information content (AvgIpc) is 2.90. The van der Waals surface area contributed by atoms with E-state index in [0.29, 0.717) is 5.75 Å². The molecule has 22 heavy (non-hydrogen) atoms. The van der Waals surface area contributed by atoms with Crippen LogP contribution in [0, 0.1) is 3.70 Å². The summed E-state index contributed by atoms with van der Waals surface area (Å²) in [5, 5.41) is 0. The second-order valence-electron chi connectivity index (χ2n) is 4.61. The quantitative estimate of drug-likeness (QED) is 0.596. The van der Waals surface area contributed by atoms with E-state index >= 15 is 0 Å². The van der Waals surface area contributed by atoms with Crippen LogP contribution in [-0.2, 0) is 0 Å². The molecule has 2 aromatic heterocycles. The van der Waals surface area contributed by atoms with E-state index in [1.165, 1.54) is 0 Å². The second-order valence-corrected chi connectivity index (χ2v) is 5.63. The molecule has 0 unspecified atom stereocenters. The molecule has 1 aromatic carbocycles. The first-order valence-corrected chi connectivity index (χ1v) is 7.81. The van der Waals surface area contributed by atoms with E-state index in [1.54, 1.807) is 7.11 Å². The maximum absolute atomic E-state index is 12.1. The van der Waals surface area contributed by atoms with Gasteiger partial charge in [0, 0.05) is 5.56 Å². The molecule has 0 atom stereocenters. The van der Waals surface area contributed by atoms with Gasteiger partial charge >= 0.3 is 0 Å². The van der Waals surface area contributed by atoms with Crippen LogP contribution in [0.5, 0.6) is 11.5 Å². The van der Waals surface area contributed by atoms with E-state index in [4.69, 9.17) is 9.47 Å². The largest absolute Gasteiger partial charge is 0.495 e. The number of aromatic nitrogens is 2. The lowest BCUT2D eigenvalue weighted by Crippen LogP contribution is -1.98. The Bertz CT molecular complexity index is 787. The fraction of sp³-hybridized carbons (Fsp3) is 0.188. The molecule has 0 fully saturated rings. The zero-order valence-electron chi connectivity index (χ0n) is 11.9. The highest BCUT2D eigenvalue weighted by molar-refractivity contribution is 14.1. The third-order valence-electron chi connectivity index (χ3n) is 3.24. The number of benzene rings is 1. The van der Waals surface area contributed by atoms with Crippen LogP contribution in [0.25, 0.3) is 16.9 Å². The van der Waals surface area contributed by atoms with Gasteiger partial charge in [0.2, 0.25) is 0 Å². The first kappa shape index (κ1) is 15.1. The molecular weight excluding hydrogens is 398 g/mol. The van der Waals surface area contributed by atoms with Crippen molar-refractivity contribution in [1.29, 1.82) is 0 Å². The van der Waals surface area contributed by atoms with Gasteiger partial charge in [0.15, 0.2) is 0 Å². The van der Waals surface area contributed by atoms with Gasteiger partial charge in [-0.2, -0.15) is 0 Å². The molecule has 0 bridgehead atoms. The number of nitrogens with zero attached hydrogens (tertiary/aromatic N) is 2. The number of alkyl halides is 1. The average molecular weight is 412 g/mol. The summed E-state index contributed by atoms with van der Waals surface area (Å²) < 4.78 is 25.6. The number of imidazole rings is 1. The Morgan fingerprint density at radius 2 is 1.86 bits per heavy atom. The van der Waals surface area contributed by atoms with Crippen molar-refractivity contribution in [3.05, 3.63) is 46.3 Å². The van der Waals surface area contributed by atoms with E-state index < -0.39 is 6.67 Å². The van der Waals surface area contributed by atoms with Crippen LogP contribution in [0.3, 0.4) is 0 Å². The fourth-order valence-electron chi connectivity index (χ4n) is 2.17. The maximum atomic E-state index is 12.1. The monoisotopic (exact) mass is 412 g/mol. The summed E-state index contributed by atoms with van der Waals surface area (Å²) in [5.41, 5.74) is 2.74. The number of methoxy groups -OCH3 is 1. The van der Waals surface area contributed by atoms with Crippen LogP contribution >= 0.6 is 22.6 Å². The molecule has 0 saturated heterocycles. The Morgan fingerprint density at radius 1 is 1.14 bits per heavy atom. The van der Waals surface area contributed by atoms with Gasteiger partial charge in [-0.05, 0) is 59.0 Å². The minimum absolute atomic E-state index is 0.0744. The van der Waals surface area contributed by atoms with Crippen LogP contribution in [0.15, 0.2) is 42.6 Å². The number of fused-ring (bicyclic) bond motifs is 1. The van der Waals surface area contributed by atoms with E-state index in [1.807, 2.05) is 47.0 Å². The Balaban J connectivity index is 1.97. The topological polar surface area (TPSA) is 35.8 Å². The van der Waals surface area contributed by atoms with Gasteiger partial charge in [0.05, 0.1) is 13.3 Å². The number of pyridine rings is 1. The predicted molar refractivity (Wildman–Crippen MR) is 91.4 cm³/mol. The van der Waals surface area contributed by atoms with Crippen molar-refractivity contribution in [2.45, 2.75) is 0 Å². The van der Waals surface area contributed by atoms with Gasteiger partial charge in [-0.3, -0.25) is 4.40 Å². The molecule has 0 radical (unpaired) electrons. The molecule has 4 nitrogen and oxygen atoms in total. The molecule has 2 heterocycles. The van der Waals surface area contributed by atoms with Crippen LogP contribution in [0.4, 0.5) is 4.39 Å². The van der Waals surface area contributed by atoms with Gasteiger partial charge < -0.3 is 9.47 Å². The van der Waals surface area contributed by atoms with Crippen LogP contribution < -0.4 is 9.47 Å². The summed E-state index contributed by atoms with van der Waals surface area (Å²) in [6, 6.07) is 11.3. The second kappa shape index (κ2) is 6.51. The minimum atomic E-state index is -0.492. The first-order chi connectivity index (χ1) is 10.7. The van der Waals surface area contributed by atoms with Gasteiger partial charge in [0.25, 0.3) is 0 Å². The Morgan fingerprint density at radius 3 is 2.55 bits per heavy atom. The number of hydrogen-bond acceptors (Lipinski definition) is 3. The van der Waals surface area contributed by atoms with Crippen LogP contribution in [-0.4, -0.2) is 29.8 Å². The summed E-state index contributed by atoms with van der Waals surface area (Å²) in [7, 11) is 1.64. The highest BCUT2D eigenvalue weighted by Crippen LogP contribution is 2.28. The van der Waals surface area contributed by atoms with E-state index in [-0.39, 0.29) is 6.61 Å². The lowest BCUT2D eigenvalue weighted by atomic mass is 10.2. The molecule has 0 N–H and O–H groups in total. The summed E-state index contributed by atoms with van der Waals surface area (Å²) in [5.74, 6) is 1.44. The SMILES string of the molecule is COc1ccc2nc(-c3ccc(OCCF)cc3)c(I)n2c1. The number of hydrogen-bond donors (Lipinski definition) is 0. The predicted octanol–water partition coefficient (Wildman–Crippen LogP) is 3.96. The molecule has 3 aromatic rings. The van der Waals surface area contributed by atoms with Crippen molar-refractivity contribution in [2.24, 2.45) is 0 Å². The molecule has 0 aliphatic rings. The first-order valence-electron chi connectivity index (χ1n) is 6.73. The van der Waals surface area contributed by atoms with Crippen LogP contribution in [0.2, 0.25) is 0 Å². The smallest absolute Gasteiger partial charge is 0.138 e. The van der Waals surface area contributed by atoms with Gasteiger partial charge in [0.1, 0.15) is 39.8 Å². The Labute approximate surface area is 141 Å². The van der Waals surface area contributed by atoms with E-state index in [2.05, 4.69) is 27.6 Å². The van der Waals surface area contributed by atoms with Gasteiger partial charge in [-0.25, -0.2) is 9.37 Å². The third kappa shape index (κ3) is 2.87. The van der Waals surface area contributed by atoms with E-state index in [9.17, 15) is 4.39 Å². The van der Waals surface area contributed by atoms with E-state index in [0.717, 1.165) is 26.4 Å². The van der Waals surface area contributed by atoms with Crippen molar-refractivity contribution in [2.75, 3.05) is 20.4 Å². The lowest BCUT2D eigenvalue weighted by molar-refractivity contribution is 0.273. The van der Waals surface area contributed by atoms with Crippen molar-refractivity contribution in [3.8, 4) is 22.8 Å². The number of rotatable bonds is 5. The molecule has 0 amide bonds. The highest BCUT2D eigenvalue weighted by atomic mass is 127. The third-order valence-corrected chi connectivity index (χ3v) is 4.27. The highest BCUT2D eigenvalue weighted by Gasteiger charge is 2.12. The Kier molecular flexibility index (Phi) is 4.47. The number of halogens is 2.